The maximum absolute atomic E-state index is 14.5. The minimum atomic E-state index is -0.763. The van der Waals surface area contributed by atoms with Crippen LogP contribution in [-0.4, -0.2) is 79.8 Å². The van der Waals surface area contributed by atoms with Crippen LogP contribution in [0.4, 0.5) is 0 Å². The molecule has 3 aliphatic heterocycles. The van der Waals surface area contributed by atoms with Gasteiger partial charge in [-0.1, -0.05) is 79.7 Å². The minimum Gasteiger partial charge on any atom is -0.395 e. The summed E-state index contributed by atoms with van der Waals surface area (Å²) in [5, 5.41) is 9.93. The van der Waals surface area contributed by atoms with Gasteiger partial charge in [0.1, 0.15) is 6.04 Å². The average Bonchev–Trinajstić information content (AvgIpc) is 3.57. The van der Waals surface area contributed by atoms with E-state index in [1.54, 1.807) is 38.6 Å². The molecule has 0 radical (unpaired) electrons. The van der Waals surface area contributed by atoms with E-state index in [9.17, 15) is 19.5 Å². The zero-order chi connectivity index (χ0) is 29.1. The number of hydrogen-bond donors (Lipinski definition) is 1. The molecule has 3 heterocycles. The van der Waals surface area contributed by atoms with E-state index >= 15 is 0 Å². The Labute approximate surface area is 246 Å². The van der Waals surface area contributed by atoms with E-state index in [0.717, 1.165) is 17.5 Å². The molecule has 3 saturated heterocycles. The minimum absolute atomic E-state index is 0.0527. The Bertz CT molecular complexity index is 1290. The first-order valence-corrected chi connectivity index (χ1v) is 15.2. The molecule has 2 bridgehead atoms. The summed E-state index contributed by atoms with van der Waals surface area (Å²) < 4.78 is -0.739. The summed E-state index contributed by atoms with van der Waals surface area (Å²) in [6, 6.07) is 18.8. The Morgan fingerprint density at radius 1 is 0.976 bits per heavy atom. The number of carbonyl (C=O) groups is 3. The number of thioether (sulfide) groups is 1. The van der Waals surface area contributed by atoms with E-state index in [1.165, 1.54) is 0 Å². The highest BCUT2D eigenvalue weighted by Crippen LogP contribution is 2.68. The molecule has 8 heteroatoms. The number of fused-ring (bicyclic) bond motifs is 1. The molecule has 6 atom stereocenters. The van der Waals surface area contributed by atoms with Gasteiger partial charge in [0.25, 0.3) is 0 Å². The van der Waals surface area contributed by atoms with Crippen molar-refractivity contribution in [2.75, 3.05) is 26.2 Å². The highest BCUT2D eigenvalue weighted by Gasteiger charge is 2.76. The summed E-state index contributed by atoms with van der Waals surface area (Å²) in [4.78, 5) is 48.1. The van der Waals surface area contributed by atoms with Crippen LogP contribution in [0.2, 0.25) is 0 Å². The van der Waals surface area contributed by atoms with Gasteiger partial charge < -0.3 is 19.8 Å². The van der Waals surface area contributed by atoms with E-state index in [0.29, 0.717) is 26.2 Å². The molecular formula is C33H39N3O4S. The number of rotatable bonds is 12. The Hall–Kier alpha value is -3.36. The van der Waals surface area contributed by atoms with Crippen LogP contribution in [0.25, 0.3) is 0 Å². The molecule has 216 valence electrons. The number of likely N-dealkylation sites (tertiary alicyclic amines) is 1. The molecule has 7 nitrogen and oxygen atoms in total. The van der Waals surface area contributed by atoms with E-state index in [-0.39, 0.29) is 42.0 Å². The second-order valence-corrected chi connectivity index (χ2v) is 12.8. The fraction of sp³-hybridized carbons (Fsp3) is 0.424. The topological polar surface area (TPSA) is 81.2 Å². The van der Waals surface area contributed by atoms with Crippen LogP contribution in [-0.2, 0) is 27.5 Å². The molecule has 1 spiro atoms. The monoisotopic (exact) mass is 573 g/mol. The zero-order valence-corrected chi connectivity index (χ0v) is 24.4. The van der Waals surface area contributed by atoms with Crippen molar-refractivity contribution in [3.63, 3.8) is 0 Å². The molecular weight excluding hydrogens is 534 g/mol. The number of β-amino-alcohol motifs (C(OH)–C–C–N with tert-alkyl or cyclic N) is 1. The predicted molar refractivity (Wildman–Crippen MR) is 162 cm³/mol. The van der Waals surface area contributed by atoms with Crippen LogP contribution in [0.1, 0.15) is 24.5 Å². The molecule has 41 heavy (non-hydrogen) atoms. The van der Waals surface area contributed by atoms with Crippen molar-refractivity contribution in [2.45, 2.75) is 42.5 Å². The summed E-state index contributed by atoms with van der Waals surface area (Å²) >= 11 is 1.66. The molecule has 3 fully saturated rings. The lowest BCUT2D eigenvalue weighted by Crippen LogP contribution is -2.57. The van der Waals surface area contributed by atoms with E-state index in [4.69, 9.17) is 0 Å². The number of aliphatic hydroxyl groups is 1. The van der Waals surface area contributed by atoms with Crippen molar-refractivity contribution < 1.29 is 19.5 Å². The normalized spacial score (nSPS) is 27.9. The largest absolute Gasteiger partial charge is 0.395 e. The Morgan fingerprint density at radius 2 is 1.51 bits per heavy atom. The Morgan fingerprint density at radius 3 is 2.02 bits per heavy atom. The number of carbonyl (C=O) groups excluding carboxylic acids is 3. The van der Waals surface area contributed by atoms with Crippen molar-refractivity contribution in [3.05, 3.63) is 97.1 Å². The van der Waals surface area contributed by atoms with E-state index in [1.807, 2.05) is 60.7 Å². The summed E-state index contributed by atoms with van der Waals surface area (Å²) in [5.41, 5.74) is 2.00. The van der Waals surface area contributed by atoms with Crippen LogP contribution < -0.4 is 0 Å². The third kappa shape index (κ3) is 5.12. The van der Waals surface area contributed by atoms with Crippen molar-refractivity contribution >= 4 is 29.5 Å². The molecule has 1 N–H and O–H groups in total. The molecule has 3 unspecified atom stereocenters. The Balaban J connectivity index is 1.50. The molecule has 2 aromatic rings. The summed E-state index contributed by atoms with van der Waals surface area (Å²) in [5.74, 6) is -1.53. The lowest BCUT2D eigenvalue weighted by molar-refractivity contribution is -0.145. The highest BCUT2D eigenvalue weighted by atomic mass is 32.2. The first-order valence-electron chi connectivity index (χ1n) is 14.3. The SMILES string of the molecule is C=CCN(Cc1ccccc1)C(=O)C1N(CCO)C(=O)[C@@H]2[C@H](C(=O)N(CC=C)Cc3ccccc3)[C@@H]3CC(C)C12S3. The highest BCUT2D eigenvalue weighted by molar-refractivity contribution is 8.02. The van der Waals surface area contributed by atoms with Gasteiger partial charge in [-0.15, -0.1) is 24.9 Å². The number of aliphatic hydroxyl groups excluding tert-OH is 1. The fourth-order valence-corrected chi connectivity index (χ4v) is 9.61. The number of nitrogens with zero attached hydrogens (tertiary/aromatic N) is 3. The molecule has 2 aromatic carbocycles. The Kier molecular flexibility index (Phi) is 8.71. The molecule has 0 aliphatic carbocycles. The third-order valence-corrected chi connectivity index (χ3v) is 10.9. The van der Waals surface area contributed by atoms with Crippen molar-refractivity contribution in [3.8, 4) is 0 Å². The van der Waals surface area contributed by atoms with Gasteiger partial charge in [0.2, 0.25) is 17.7 Å². The van der Waals surface area contributed by atoms with Gasteiger partial charge in [0.15, 0.2) is 0 Å². The average molecular weight is 574 g/mol. The number of amides is 3. The van der Waals surface area contributed by atoms with Crippen LogP contribution in [0.15, 0.2) is 86.0 Å². The van der Waals surface area contributed by atoms with Crippen LogP contribution in [0.5, 0.6) is 0 Å². The maximum Gasteiger partial charge on any atom is 0.247 e. The standard InChI is InChI=1S/C33H39N3O4S/c1-4-16-34(21-24-12-8-6-9-13-24)30(38)27-26-20-23(3)33(41-26)28(27)31(39)36(18-19-37)29(33)32(40)35(17-5-2)22-25-14-10-7-11-15-25/h4-15,23,26-29,37H,1-2,16-22H2,3H3/t23?,26-,27+,28-,29?,33?/m0/s1. The van der Waals surface area contributed by atoms with Gasteiger partial charge in [-0.2, -0.15) is 0 Å². The van der Waals surface area contributed by atoms with Crippen molar-refractivity contribution in [1.29, 1.82) is 0 Å². The molecule has 3 amide bonds. The summed E-state index contributed by atoms with van der Waals surface area (Å²) in [6.07, 6.45) is 4.18. The first-order chi connectivity index (χ1) is 19.9. The lowest BCUT2D eigenvalue weighted by atomic mass is 9.65. The molecule has 0 aromatic heterocycles. The van der Waals surface area contributed by atoms with Gasteiger partial charge >= 0.3 is 0 Å². The second-order valence-electron chi connectivity index (χ2n) is 11.3. The molecule has 3 aliphatic rings. The first kappa shape index (κ1) is 29.1. The van der Waals surface area contributed by atoms with Gasteiger partial charge in [0.05, 0.1) is 23.2 Å². The summed E-state index contributed by atoms with van der Waals surface area (Å²) in [7, 11) is 0. The fourth-order valence-electron chi connectivity index (χ4n) is 7.20. The molecule has 5 rings (SSSR count). The third-order valence-electron chi connectivity index (χ3n) is 8.86. The van der Waals surface area contributed by atoms with Crippen LogP contribution >= 0.6 is 11.8 Å². The van der Waals surface area contributed by atoms with Gasteiger partial charge in [0, 0.05) is 38.0 Å². The quantitative estimate of drug-likeness (QED) is 0.392. The van der Waals surface area contributed by atoms with Gasteiger partial charge in [-0.05, 0) is 23.5 Å². The number of benzene rings is 2. The predicted octanol–water partition coefficient (Wildman–Crippen LogP) is 3.75. The maximum atomic E-state index is 14.5. The van der Waals surface area contributed by atoms with E-state index in [2.05, 4.69) is 20.1 Å². The van der Waals surface area contributed by atoms with Crippen LogP contribution in [0, 0.1) is 17.8 Å². The van der Waals surface area contributed by atoms with Crippen molar-refractivity contribution in [1.82, 2.24) is 14.7 Å². The molecule has 0 saturated carbocycles. The zero-order valence-electron chi connectivity index (χ0n) is 23.6. The van der Waals surface area contributed by atoms with Gasteiger partial charge in [-0.25, -0.2) is 0 Å². The van der Waals surface area contributed by atoms with Crippen molar-refractivity contribution in [2.24, 2.45) is 17.8 Å². The summed E-state index contributed by atoms with van der Waals surface area (Å²) in [6.45, 7) is 11.2. The van der Waals surface area contributed by atoms with E-state index < -0.39 is 22.6 Å². The smallest absolute Gasteiger partial charge is 0.247 e. The second kappa shape index (κ2) is 12.2. The number of hydrogen-bond acceptors (Lipinski definition) is 5. The van der Waals surface area contributed by atoms with Crippen LogP contribution in [0.3, 0.4) is 0 Å². The lowest BCUT2D eigenvalue weighted by Gasteiger charge is -2.41. The van der Waals surface area contributed by atoms with Gasteiger partial charge in [-0.3, -0.25) is 14.4 Å².